The number of aliphatic hydroxyl groups excluding tert-OH is 1. The van der Waals surface area contributed by atoms with E-state index in [1.165, 1.54) is 16.7 Å². The Bertz CT molecular complexity index is 313. The number of aliphatic hydroxyl groups is 1. The first-order chi connectivity index (χ1) is 6.46. The number of rotatable bonds is 3. The lowest BCUT2D eigenvalue weighted by Crippen LogP contribution is -2.20. The van der Waals surface area contributed by atoms with Gasteiger partial charge in [-0.05, 0) is 42.4 Å². The van der Waals surface area contributed by atoms with Gasteiger partial charge in [-0.15, -0.1) is 0 Å². The third kappa shape index (κ3) is 2.58. The SMILES string of the molecule is Cc1cccc(CC(C)(C)CO)c1C. The number of hydrogen-bond acceptors (Lipinski definition) is 1. The molecule has 78 valence electrons. The fraction of sp³-hybridized carbons (Fsp3) is 0.538. The maximum Gasteiger partial charge on any atom is 0.0485 e. The van der Waals surface area contributed by atoms with Gasteiger partial charge in [0.15, 0.2) is 0 Å². The van der Waals surface area contributed by atoms with Gasteiger partial charge in [0.2, 0.25) is 0 Å². The molecule has 0 fully saturated rings. The van der Waals surface area contributed by atoms with Gasteiger partial charge in [-0.3, -0.25) is 0 Å². The van der Waals surface area contributed by atoms with E-state index in [1.54, 1.807) is 0 Å². The molecule has 0 heterocycles. The Balaban J connectivity index is 2.92. The van der Waals surface area contributed by atoms with Gasteiger partial charge in [0.05, 0.1) is 0 Å². The molecule has 0 radical (unpaired) electrons. The minimum Gasteiger partial charge on any atom is -0.396 e. The summed E-state index contributed by atoms with van der Waals surface area (Å²) in [4.78, 5) is 0. The van der Waals surface area contributed by atoms with E-state index in [-0.39, 0.29) is 12.0 Å². The first-order valence-corrected chi connectivity index (χ1v) is 5.12. The molecular weight excluding hydrogens is 172 g/mol. The highest BCUT2D eigenvalue weighted by molar-refractivity contribution is 5.33. The third-order valence-corrected chi connectivity index (χ3v) is 2.81. The molecule has 1 rings (SSSR count). The van der Waals surface area contributed by atoms with Gasteiger partial charge in [-0.1, -0.05) is 32.0 Å². The van der Waals surface area contributed by atoms with Gasteiger partial charge in [0.1, 0.15) is 0 Å². The van der Waals surface area contributed by atoms with E-state index < -0.39 is 0 Å². The van der Waals surface area contributed by atoms with Gasteiger partial charge in [0.25, 0.3) is 0 Å². The molecule has 0 saturated heterocycles. The van der Waals surface area contributed by atoms with E-state index >= 15 is 0 Å². The maximum atomic E-state index is 9.22. The van der Waals surface area contributed by atoms with Crippen LogP contribution in [0.3, 0.4) is 0 Å². The van der Waals surface area contributed by atoms with Crippen molar-refractivity contribution in [3.8, 4) is 0 Å². The van der Waals surface area contributed by atoms with Crippen molar-refractivity contribution in [2.75, 3.05) is 6.61 Å². The van der Waals surface area contributed by atoms with E-state index in [9.17, 15) is 5.11 Å². The van der Waals surface area contributed by atoms with Crippen LogP contribution in [0.2, 0.25) is 0 Å². The molecule has 0 atom stereocenters. The van der Waals surface area contributed by atoms with Crippen molar-refractivity contribution in [3.05, 3.63) is 34.9 Å². The Morgan fingerprint density at radius 1 is 1.21 bits per heavy atom. The zero-order valence-electron chi connectivity index (χ0n) is 9.59. The van der Waals surface area contributed by atoms with E-state index in [2.05, 4.69) is 45.9 Å². The largest absolute Gasteiger partial charge is 0.396 e. The number of aryl methyl sites for hydroxylation is 1. The Hall–Kier alpha value is -0.820. The van der Waals surface area contributed by atoms with E-state index in [4.69, 9.17) is 0 Å². The predicted octanol–water partition coefficient (Wildman–Crippen LogP) is 2.86. The molecule has 14 heavy (non-hydrogen) atoms. The topological polar surface area (TPSA) is 20.2 Å². The molecule has 0 aliphatic heterocycles. The number of benzene rings is 1. The molecule has 1 aromatic rings. The fourth-order valence-electron chi connectivity index (χ4n) is 1.57. The normalized spacial score (nSPS) is 11.8. The highest BCUT2D eigenvalue weighted by Crippen LogP contribution is 2.24. The lowest BCUT2D eigenvalue weighted by atomic mass is 9.84. The lowest BCUT2D eigenvalue weighted by Gasteiger charge is -2.23. The summed E-state index contributed by atoms with van der Waals surface area (Å²) in [7, 11) is 0. The molecule has 1 nitrogen and oxygen atoms in total. The van der Waals surface area contributed by atoms with Crippen molar-refractivity contribution in [1.29, 1.82) is 0 Å². The van der Waals surface area contributed by atoms with Gasteiger partial charge < -0.3 is 5.11 Å². The second-order valence-corrected chi connectivity index (χ2v) is 4.86. The smallest absolute Gasteiger partial charge is 0.0485 e. The summed E-state index contributed by atoms with van der Waals surface area (Å²) >= 11 is 0. The highest BCUT2D eigenvalue weighted by atomic mass is 16.3. The molecule has 1 heteroatoms. The van der Waals surface area contributed by atoms with Gasteiger partial charge in [-0.25, -0.2) is 0 Å². The molecule has 0 saturated carbocycles. The molecule has 1 N–H and O–H groups in total. The summed E-state index contributed by atoms with van der Waals surface area (Å²) < 4.78 is 0. The van der Waals surface area contributed by atoms with Gasteiger partial charge in [-0.2, -0.15) is 0 Å². The van der Waals surface area contributed by atoms with Crippen molar-refractivity contribution >= 4 is 0 Å². The van der Waals surface area contributed by atoms with Crippen LogP contribution < -0.4 is 0 Å². The van der Waals surface area contributed by atoms with Gasteiger partial charge >= 0.3 is 0 Å². The fourth-order valence-corrected chi connectivity index (χ4v) is 1.57. The molecular formula is C13H20O. The summed E-state index contributed by atoms with van der Waals surface area (Å²) in [5.41, 5.74) is 4.02. The average Bonchev–Trinajstić information content (AvgIpc) is 2.13. The van der Waals surface area contributed by atoms with Crippen LogP contribution in [0.5, 0.6) is 0 Å². The minimum absolute atomic E-state index is 0.0153. The van der Waals surface area contributed by atoms with Crippen molar-refractivity contribution in [2.45, 2.75) is 34.1 Å². The van der Waals surface area contributed by atoms with Gasteiger partial charge in [0, 0.05) is 6.61 Å². The molecule has 0 spiro atoms. The molecule has 0 aromatic heterocycles. The summed E-state index contributed by atoms with van der Waals surface area (Å²) in [5, 5.41) is 9.22. The van der Waals surface area contributed by atoms with Crippen molar-refractivity contribution < 1.29 is 5.11 Å². The second-order valence-electron chi connectivity index (χ2n) is 4.86. The predicted molar refractivity (Wildman–Crippen MR) is 60.5 cm³/mol. The summed E-state index contributed by atoms with van der Waals surface area (Å²) in [6.45, 7) is 8.70. The Morgan fingerprint density at radius 2 is 1.86 bits per heavy atom. The molecule has 0 amide bonds. The minimum atomic E-state index is -0.0153. The summed E-state index contributed by atoms with van der Waals surface area (Å²) in [6.07, 6.45) is 0.941. The van der Waals surface area contributed by atoms with Crippen molar-refractivity contribution in [3.63, 3.8) is 0 Å². The maximum absolute atomic E-state index is 9.22. The highest BCUT2D eigenvalue weighted by Gasteiger charge is 2.18. The zero-order valence-corrected chi connectivity index (χ0v) is 9.59. The first kappa shape index (κ1) is 11.3. The molecule has 0 aliphatic rings. The number of hydrogen-bond donors (Lipinski definition) is 1. The van der Waals surface area contributed by atoms with Crippen LogP contribution >= 0.6 is 0 Å². The second kappa shape index (κ2) is 4.14. The van der Waals surface area contributed by atoms with Crippen LogP contribution in [0.25, 0.3) is 0 Å². The molecule has 0 aliphatic carbocycles. The van der Waals surface area contributed by atoms with E-state index in [1.807, 2.05) is 0 Å². The summed E-state index contributed by atoms with van der Waals surface area (Å²) in [5.74, 6) is 0. The third-order valence-electron chi connectivity index (χ3n) is 2.81. The standard InChI is InChI=1S/C13H20O/c1-10-6-5-7-12(11(10)2)8-13(3,4)9-14/h5-7,14H,8-9H2,1-4H3. The zero-order chi connectivity index (χ0) is 10.8. The van der Waals surface area contributed by atoms with Crippen molar-refractivity contribution in [2.24, 2.45) is 5.41 Å². The molecule has 1 aromatic carbocycles. The van der Waals surface area contributed by atoms with E-state index in [0.29, 0.717) is 0 Å². The molecule has 0 bridgehead atoms. The van der Waals surface area contributed by atoms with Crippen LogP contribution in [0.15, 0.2) is 18.2 Å². The monoisotopic (exact) mass is 192 g/mol. The van der Waals surface area contributed by atoms with Crippen LogP contribution in [0.1, 0.15) is 30.5 Å². The molecule has 0 unspecified atom stereocenters. The Kier molecular flexibility index (Phi) is 3.33. The van der Waals surface area contributed by atoms with Crippen molar-refractivity contribution in [1.82, 2.24) is 0 Å². The van der Waals surface area contributed by atoms with E-state index in [0.717, 1.165) is 6.42 Å². The van der Waals surface area contributed by atoms with Crippen LogP contribution in [-0.2, 0) is 6.42 Å². The summed E-state index contributed by atoms with van der Waals surface area (Å²) in [6, 6.07) is 6.37. The Labute approximate surface area is 86.8 Å². The lowest BCUT2D eigenvalue weighted by molar-refractivity contribution is 0.159. The first-order valence-electron chi connectivity index (χ1n) is 5.12. The van der Waals surface area contributed by atoms with Crippen LogP contribution in [0.4, 0.5) is 0 Å². The quantitative estimate of drug-likeness (QED) is 0.780. The van der Waals surface area contributed by atoms with Crippen LogP contribution in [0, 0.1) is 19.3 Å². The Morgan fingerprint density at radius 3 is 2.43 bits per heavy atom. The average molecular weight is 192 g/mol. The van der Waals surface area contributed by atoms with Crippen LogP contribution in [-0.4, -0.2) is 11.7 Å².